The summed E-state index contributed by atoms with van der Waals surface area (Å²) in [5, 5.41) is 9.86. The van der Waals surface area contributed by atoms with E-state index in [1.807, 2.05) is 18.2 Å². The molecule has 106 valence electrons. The van der Waals surface area contributed by atoms with Gasteiger partial charge in [0, 0.05) is 19.1 Å². The molecule has 0 amide bonds. The molecule has 4 heteroatoms. The minimum atomic E-state index is 0.0437. The molecule has 1 heterocycles. The van der Waals surface area contributed by atoms with Gasteiger partial charge in [-0.2, -0.15) is 0 Å². The Hall–Kier alpha value is -0.770. The lowest BCUT2D eigenvalue weighted by atomic mass is 10.2. The van der Waals surface area contributed by atoms with Crippen LogP contribution in [0, 0.1) is 0 Å². The highest BCUT2D eigenvalue weighted by atomic mass is 35.5. The Morgan fingerprint density at radius 1 is 1.37 bits per heavy atom. The van der Waals surface area contributed by atoms with E-state index < -0.39 is 0 Å². The number of benzene rings is 1. The molecule has 1 aliphatic heterocycles. The van der Waals surface area contributed by atoms with Gasteiger partial charge in [0.25, 0.3) is 0 Å². The molecule has 2 rings (SSSR count). The van der Waals surface area contributed by atoms with E-state index >= 15 is 0 Å². The quantitative estimate of drug-likeness (QED) is 0.900. The molecule has 1 N–H and O–H groups in total. The molecule has 1 unspecified atom stereocenters. The second-order valence-corrected chi connectivity index (χ2v) is 5.46. The van der Waals surface area contributed by atoms with Crippen molar-refractivity contribution in [2.45, 2.75) is 32.9 Å². The molecule has 3 nitrogen and oxygen atoms in total. The van der Waals surface area contributed by atoms with Crippen molar-refractivity contribution in [1.82, 2.24) is 4.90 Å². The van der Waals surface area contributed by atoms with Gasteiger partial charge in [0.1, 0.15) is 0 Å². The van der Waals surface area contributed by atoms with Crippen molar-refractivity contribution in [3.63, 3.8) is 0 Å². The highest BCUT2D eigenvalue weighted by Crippen LogP contribution is 2.30. The second-order valence-electron chi connectivity index (χ2n) is 5.05. The molecule has 1 fully saturated rings. The summed E-state index contributed by atoms with van der Waals surface area (Å²) in [5.41, 5.74) is 1.96. The molecule has 1 saturated heterocycles. The molecule has 0 spiro atoms. The number of hydrogen-bond acceptors (Lipinski definition) is 3. The highest BCUT2D eigenvalue weighted by molar-refractivity contribution is 6.33. The molecule has 1 atom stereocenters. The van der Waals surface area contributed by atoms with Crippen LogP contribution >= 0.6 is 11.6 Å². The van der Waals surface area contributed by atoms with E-state index in [1.54, 1.807) is 0 Å². The summed E-state index contributed by atoms with van der Waals surface area (Å²) < 4.78 is 0. The lowest BCUT2D eigenvalue weighted by molar-refractivity contribution is 0.232. The van der Waals surface area contributed by atoms with Crippen molar-refractivity contribution in [2.24, 2.45) is 0 Å². The Bertz CT molecular complexity index is 421. The molecule has 0 aliphatic carbocycles. The lowest BCUT2D eigenvalue weighted by Gasteiger charge is -2.27. The Morgan fingerprint density at radius 3 is 2.68 bits per heavy atom. The first-order valence-electron chi connectivity index (χ1n) is 7.07. The molecular formula is C15H23ClN2O. The molecule has 0 saturated carbocycles. The molecule has 0 bridgehead atoms. The number of aliphatic hydroxyl groups is 1. The van der Waals surface area contributed by atoms with Gasteiger partial charge in [0.2, 0.25) is 0 Å². The van der Waals surface area contributed by atoms with Gasteiger partial charge in [-0.05, 0) is 37.2 Å². The van der Waals surface area contributed by atoms with Crippen LogP contribution in [0.4, 0.5) is 5.69 Å². The predicted octanol–water partition coefficient (Wildman–Crippen LogP) is 2.75. The van der Waals surface area contributed by atoms with E-state index in [0.29, 0.717) is 6.04 Å². The molecular weight excluding hydrogens is 260 g/mol. The predicted molar refractivity (Wildman–Crippen MR) is 80.9 cm³/mol. The number of rotatable bonds is 5. The third kappa shape index (κ3) is 3.22. The van der Waals surface area contributed by atoms with Gasteiger partial charge in [-0.3, -0.25) is 4.90 Å². The average Bonchev–Trinajstić information content (AvgIpc) is 2.89. The van der Waals surface area contributed by atoms with Crippen molar-refractivity contribution in [1.29, 1.82) is 0 Å². The number of hydrogen-bond donors (Lipinski definition) is 1. The summed E-state index contributed by atoms with van der Waals surface area (Å²) >= 11 is 6.32. The molecule has 0 radical (unpaired) electrons. The van der Waals surface area contributed by atoms with Crippen LogP contribution in [-0.4, -0.2) is 42.2 Å². The maximum Gasteiger partial charge on any atom is 0.0682 e. The summed E-state index contributed by atoms with van der Waals surface area (Å²) in [4.78, 5) is 4.86. The van der Waals surface area contributed by atoms with Crippen LogP contribution in [0.2, 0.25) is 5.02 Å². The normalized spacial score (nSPS) is 19.4. The van der Waals surface area contributed by atoms with Crippen molar-refractivity contribution in [3.05, 3.63) is 28.8 Å². The number of nitrogens with zero attached hydrogens (tertiary/aromatic N) is 2. The van der Waals surface area contributed by atoms with E-state index in [1.165, 1.54) is 6.42 Å². The number of anilines is 1. The van der Waals surface area contributed by atoms with Crippen LogP contribution in [-0.2, 0) is 6.61 Å². The van der Waals surface area contributed by atoms with Crippen LogP contribution in [0.1, 0.15) is 25.8 Å². The van der Waals surface area contributed by atoms with Crippen LogP contribution < -0.4 is 4.90 Å². The Morgan fingerprint density at radius 2 is 2.11 bits per heavy atom. The van der Waals surface area contributed by atoms with Gasteiger partial charge in [0.05, 0.1) is 17.3 Å². The van der Waals surface area contributed by atoms with Crippen LogP contribution in [0.15, 0.2) is 18.2 Å². The SMILES string of the molecule is CCN(CC)C1CCN(c2ccc(CO)cc2Cl)C1. The first-order valence-corrected chi connectivity index (χ1v) is 7.45. The van der Waals surface area contributed by atoms with Crippen molar-refractivity contribution in [3.8, 4) is 0 Å². The Kier molecular flexibility index (Phi) is 5.08. The number of halogens is 1. The number of aliphatic hydroxyl groups excluding tert-OH is 1. The van der Waals surface area contributed by atoms with Crippen LogP contribution in [0.3, 0.4) is 0 Å². The topological polar surface area (TPSA) is 26.7 Å². The largest absolute Gasteiger partial charge is 0.392 e. The standard InChI is InChI=1S/C15H23ClN2O/c1-3-17(4-2)13-7-8-18(10-13)15-6-5-12(11-19)9-14(15)16/h5-6,9,13,19H,3-4,7-8,10-11H2,1-2H3. The van der Waals surface area contributed by atoms with Crippen LogP contribution in [0.5, 0.6) is 0 Å². The molecule has 0 aromatic heterocycles. The fourth-order valence-electron chi connectivity index (χ4n) is 2.90. The van der Waals surface area contributed by atoms with Gasteiger partial charge < -0.3 is 10.0 Å². The summed E-state index contributed by atoms with van der Waals surface area (Å²) in [5.74, 6) is 0. The van der Waals surface area contributed by atoms with Gasteiger partial charge in [0.15, 0.2) is 0 Å². The first-order chi connectivity index (χ1) is 9.19. The van der Waals surface area contributed by atoms with Gasteiger partial charge in [-0.15, -0.1) is 0 Å². The van der Waals surface area contributed by atoms with Crippen molar-refractivity contribution < 1.29 is 5.11 Å². The smallest absolute Gasteiger partial charge is 0.0682 e. The second kappa shape index (κ2) is 6.60. The molecule has 19 heavy (non-hydrogen) atoms. The minimum Gasteiger partial charge on any atom is -0.392 e. The van der Waals surface area contributed by atoms with Crippen molar-refractivity contribution in [2.75, 3.05) is 31.1 Å². The van der Waals surface area contributed by atoms with E-state index in [0.717, 1.165) is 42.5 Å². The summed E-state index contributed by atoms with van der Waals surface area (Å²) in [6.07, 6.45) is 1.19. The van der Waals surface area contributed by atoms with E-state index in [-0.39, 0.29) is 6.61 Å². The molecule has 1 aliphatic rings. The third-order valence-electron chi connectivity index (χ3n) is 4.03. The zero-order chi connectivity index (χ0) is 13.8. The molecule has 1 aromatic rings. The maximum atomic E-state index is 9.12. The van der Waals surface area contributed by atoms with Crippen LogP contribution in [0.25, 0.3) is 0 Å². The average molecular weight is 283 g/mol. The minimum absolute atomic E-state index is 0.0437. The summed E-state index contributed by atoms with van der Waals surface area (Å²) in [6.45, 7) is 8.78. The molecule has 1 aromatic carbocycles. The van der Waals surface area contributed by atoms with Gasteiger partial charge in [-0.25, -0.2) is 0 Å². The fourth-order valence-corrected chi connectivity index (χ4v) is 3.23. The Labute approximate surface area is 120 Å². The zero-order valence-electron chi connectivity index (χ0n) is 11.8. The van der Waals surface area contributed by atoms with E-state index in [9.17, 15) is 0 Å². The lowest BCUT2D eigenvalue weighted by Crippen LogP contribution is -2.37. The Balaban J connectivity index is 2.08. The van der Waals surface area contributed by atoms with E-state index in [2.05, 4.69) is 23.6 Å². The fraction of sp³-hybridized carbons (Fsp3) is 0.600. The number of likely N-dealkylation sites (N-methyl/N-ethyl adjacent to an activating group) is 1. The van der Waals surface area contributed by atoms with E-state index in [4.69, 9.17) is 16.7 Å². The van der Waals surface area contributed by atoms with Gasteiger partial charge >= 0.3 is 0 Å². The summed E-state index contributed by atoms with van der Waals surface area (Å²) in [7, 11) is 0. The first kappa shape index (κ1) is 14.6. The third-order valence-corrected chi connectivity index (χ3v) is 4.33. The highest BCUT2D eigenvalue weighted by Gasteiger charge is 2.27. The monoisotopic (exact) mass is 282 g/mol. The zero-order valence-corrected chi connectivity index (χ0v) is 12.5. The van der Waals surface area contributed by atoms with Gasteiger partial charge in [-0.1, -0.05) is 31.5 Å². The summed E-state index contributed by atoms with van der Waals surface area (Å²) in [6, 6.07) is 6.47. The maximum absolute atomic E-state index is 9.12. The van der Waals surface area contributed by atoms with Crippen molar-refractivity contribution >= 4 is 17.3 Å².